The van der Waals surface area contributed by atoms with Crippen molar-refractivity contribution in [2.45, 2.75) is 13.8 Å². The van der Waals surface area contributed by atoms with Crippen LogP contribution in [0.3, 0.4) is 0 Å². The summed E-state index contributed by atoms with van der Waals surface area (Å²) in [6.45, 7) is 2.85. The van der Waals surface area contributed by atoms with Crippen LogP contribution in [0.2, 0.25) is 0 Å². The number of ether oxygens (including phenoxy) is 1. The molecule has 0 rings (SSSR count). The van der Waals surface area contributed by atoms with Crippen LogP contribution < -0.4 is 0 Å². The molecule has 10 heavy (non-hydrogen) atoms. The minimum Gasteiger partial charge on any atom is -0.480 e. The Morgan fingerprint density at radius 1 is 1.40 bits per heavy atom. The smallest absolute Gasteiger partial charge is 0.329 e. The summed E-state index contributed by atoms with van der Waals surface area (Å²) in [6.07, 6.45) is 0. The molecule has 0 aliphatic rings. The first kappa shape index (κ1) is 11.8. The van der Waals surface area contributed by atoms with E-state index in [1.165, 1.54) is 21.0 Å². The molecule has 0 aromatic heterocycles. The molecular formula is C6H12O4. The van der Waals surface area contributed by atoms with E-state index in [0.717, 1.165) is 0 Å². The molecule has 0 heterocycles. The molecule has 60 valence electrons. The minimum absolute atomic E-state index is 0.167. The van der Waals surface area contributed by atoms with Gasteiger partial charge in [-0.25, -0.2) is 4.79 Å². The van der Waals surface area contributed by atoms with E-state index in [9.17, 15) is 9.59 Å². The van der Waals surface area contributed by atoms with Crippen molar-refractivity contribution in [2.24, 2.45) is 0 Å². The maximum absolute atomic E-state index is 9.47. The lowest BCUT2D eigenvalue weighted by Gasteiger charge is -1.83. The van der Waals surface area contributed by atoms with Crippen LogP contribution in [0.1, 0.15) is 13.8 Å². The lowest BCUT2D eigenvalue weighted by atomic mass is 10.6. The molecule has 0 saturated heterocycles. The number of carbonyl (C=O) groups is 2. The summed E-state index contributed by atoms with van der Waals surface area (Å²) in [7, 11) is 1.34. The zero-order valence-electron chi connectivity index (χ0n) is 6.38. The maximum atomic E-state index is 9.47. The van der Waals surface area contributed by atoms with Gasteiger partial charge < -0.3 is 14.6 Å². The molecule has 0 aliphatic heterocycles. The zero-order valence-corrected chi connectivity index (χ0v) is 6.38. The van der Waals surface area contributed by atoms with Gasteiger partial charge in [0.25, 0.3) is 0 Å². The van der Waals surface area contributed by atoms with Crippen LogP contribution in [-0.2, 0) is 14.3 Å². The number of carbonyl (C=O) groups excluding carboxylic acids is 1. The lowest BCUT2D eigenvalue weighted by molar-refractivity contribution is -0.141. The van der Waals surface area contributed by atoms with Crippen LogP contribution in [0.15, 0.2) is 0 Å². The summed E-state index contributed by atoms with van der Waals surface area (Å²) in [6, 6.07) is 0. The van der Waals surface area contributed by atoms with Crippen LogP contribution >= 0.6 is 0 Å². The largest absolute Gasteiger partial charge is 0.480 e. The second kappa shape index (κ2) is 8.10. The standard InChI is InChI=1S/C3H6O3.C3H6O/c1-6-2-3(4)5;1-3(2)4/h2H2,1H3,(H,4,5);1-2H3. The average Bonchev–Trinajstić information content (AvgIpc) is 1.62. The second-order valence-corrected chi connectivity index (χ2v) is 1.73. The van der Waals surface area contributed by atoms with Crippen molar-refractivity contribution in [2.75, 3.05) is 13.7 Å². The second-order valence-electron chi connectivity index (χ2n) is 1.73. The van der Waals surface area contributed by atoms with Crippen LogP contribution in [0.5, 0.6) is 0 Å². The summed E-state index contributed by atoms with van der Waals surface area (Å²) < 4.78 is 4.20. The van der Waals surface area contributed by atoms with Gasteiger partial charge in [-0.2, -0.15) is 0 Å². The van der Waals surface area contributed by atoms with E-state index in [1.54, 1.807) is 0 Å². The third-order valence-corrected chi connectivity index (χ3v) is 0.268. The van der Waals surface area contributed by atoms with E-state index in [4.69, 9.17) is 5.11 Å². The minimum atomic E-state index is -0.933. The van der Waals surface area contributed by atoms with Gasteiger partial charge in [0.05, 0.1) is 0 Å². The van der Waals surface area contributed by atoms with Crippen molar-refractivity contribution in [1.82, 2.24) is 0 Å². The molecule has 0 radical (unpaired) electrons. The van der Waals surface area contributed by atoms with Gasteiger partial charge in [-0.15, -0.1) is 0 Å². The fraction of sp³-hybridized carbons (Fsp3) is 0.667. The molecule has 1 N–H and O–H groups in total. The third-order valence-electron chi connectivity index (χ3n) is 0.268. The van der Waals surface area contributed by atoms with Crippen LogP contribution in [-0.4, -0.2) is 30.6 Å². The van der Waals surface area contributed by atoms with Crippen molar-refractivity contribution in [1.29, 1.82) is 0 Å². The Kier molecular flexibility index (Phi) is 9.59. The number of hydrogen-bond acceptors (Lipinski definition) is 3. The fourth-order valence-corrected chi connectivity index (χ4v) is 0.123. The van der Waals surface area contributed by atoms with Gasteiger partial charge in [-0.3, -0.25) is 0 Å². The summed E-state index contributed by atoms with van der Waals surface area (Å²) >= 11 is 0. The summed E-state index contributed by atoms with van der Waals surface area (Å²) in [5.74, 6) is -0.766. The molecule has 0 atom stereocenters. The topological polar surface area (TPSA) is 63.6 Å². The highest BCUT2D eigenvalue weighted by Crippen LogP contribution is 1.61. The Balaban J connectivity index is 0. The molecule has 0 aromatic carbocycles. The monoisotopic (exact) mass is 148 g/mol. The predicted molar refractivity (Wildman–Crippen MR) is 35.9 cm³/mol. The number of methoxy groups -OCH3 is 1. The van der Waals surface area contributed by atoms with Gasteiger partial charge in [0.15, 0.2) is 0 Å². The summed E-state index contributed by atoms with van der Waals surface area (Å²) in [5, 5.41) is 7.79. The highest BCUT2D eigenvalue weighted by Gasteiger charge is 1.87. The number of ketones is 1. The molecule has 0 aliphatic carbocycles. The van der Waals surface area contributed by atoms with Crippen molar-refractivity contribution in [3.63, 3.8) is 0 Å². The molecule has 0 saturated carbocycles. The maximum Gasteiger partial charge on any atom is 0.329 e. The van der Waals surface area contributed by atoms with E-state index in [1.807, 2.05) is 0 Å². The van der Waals surface area contributed by atoms with Crippen molar-refractivity contribution < 1.29 is 19.4 Å². The van der Waals surface area contributed by atoms with Gasteiger partial charge >= 0.3 is 5.97 Å². The summed E-state index contributed by atoms with van der Waals surface area (Å²) in [4.78, 5) is 18.9. The van der Waals surface area contributed by atoms with Crippen molar-refractivity contribution in [3.05, 3.63) is 0 Å². The number of carboxylic acid groups (broad SMARTS) is 1. The molecule has 0 aromatic rings. The van der Waals surface area contributed by atoms with Gasteiger partial charge in [0.1, 0.15) is 12.4 Å². The quantitative estimate of drug-likeness (QED) is 0.612. The predicted octanol–water partition coefficient (Wildman–Crippen LogP) is 0.313. The fourth-order valence-electron chi connectivity index (χ4n) is 0.123. The van der Waals surface area contributed by atoms with E-state index < -0.39 is 5.97 Å². The Labute approximate surface area is 59.8 Å². The SMILES string of the molecule is CC(C)=O.COCC(=O)O. The molecule has 0 spiro atoms. The van der Waals surface area contributed by atoms with E-state index in [0.29, 0.717) is 0 Å². The van der Waals surface area contributed by atoms with E-state index in [-0.39, 0.29) is 12.4 Å². The number of rotatable bonds is 2. The van der Waals surface area contributed by atoms with E-state index >= 15 is 0 Å². The highest BCUT2D eigenvalue weighted by molar-refractivity contribution is 5.72. The molecule has 0 bridgehead atoms. The molecule has 4 nitrogen and oxygen atoms in total. The van der Waals surface area contributed by atoms with Crippen LogP contribution in [0, 0.1) is 0 Å². The first-order valence-electron chi connectivity index (χ1n) is 2.68. The molecular weight excluding hydrogens is 136 g/mol. The molecule has 0 fully saturated rings. The van der Waals surface area contributed by atoms with Crippen LogP contribution in [0.4, 0.5) is 0 Å². The first-order chi connectivity index (χ1) is 4.50. The van der Waals surface area contributed by atoms with Gasteiger partial charge in [0, 0.05) is 7.11 Å². The average molecular weight is 148 g/mol. The van der Waals surface area contributed by atoms with Gasteiger partial charge in [-0.1, -0.05) is 0 Å². The van der Waals surface area contributed by atoms with Crippen LogP contribution in [0.25, 0.3) is 0 Å². The Hall–Kier alpha value is -0.900. The number of carboxylic acids is 1. The third kappa shape index (κ3) is 59.9. The summed E-state index contributed by atoms with van der Waals surface area (Å²) in [5.41, 5.74) is 0. The Morgan fingerprint density at radius 3 is 1.70 bits per heavy atom. The Bertz CT molecular complexity index is 104. The van der Waals surface area contributed by atoms with Gasteiger partial charge in [-0.05, 0) is 13.8 Å². The Morgan fingerprint density at radius 2 is 1.70 bits per heavy atom. The van der Waals surface area contributed by atoms with Gasteiger partial charge in [0.2, 0.25) is 0 Å². The number of Topliss-reactive ketones (excluding diaryl/α,β-unsaturated/α-hetero) is 1. The molecule has 0 amide bonds. The highest BCUT2D eigenvalue weighted by atomic mass is 16.5. The van der Waals surface area contributed by atoms with Crippen molar-refractivity contribution in [3.8, 4) is 0 Å². The first-order valence-corrected chi connectivity index (χ1v) is 2.68. The lowest BCUT2D eigenvalue weighted by Crippen LogP contribution is -2.02. The van der Waals surface area contributed by atoms with Crippen molar-refractivity contribution >= 4 is 11.8 Å². The molecule has 0 unspecified atom stereocenters. The molecule has 4 heteroatoms. The zero-order chi connectivity index (χ0) is 8.57. The normalized spacial score (nSPS) is 7.50. The van der Waals surface area contributed by atoms with E-state index in [2.05, 4.69) is 4.74 Å². The number of hydrogen-bond donors (Lipinski definition) is 1. The number of aliphatic carboxylic acids is 1.